The number of hydrogen-bond acceptors (Lipinski definition) is 3. The highest BCUT2D eigenvalue weighted by atomic mass is 35.5. The number of likely N-dealkylation sites (tertiary alicyclic amines) is 1. The van der Waals surface area contributed by atoms with Crippen LogP contribution in [0.4, 0.5) is 4.39 Å². The monoisotopic (exact) mass is 300 g/mol. The summed E-state index contributed by atoms with van der Waals surface area (Å²) < 4.78 is 19.6. The van der Waals surface area contributed by atoms with Crippen LogP contribution in [-0.4, -0.2) is 37.7 Å². The van der Waals surface area contributed by atoms with Crippen LogP contribution >= 0.6 is 11.6 Å². The Morgan fingerprint density at radius 3 is 2.90 bits per heavy atom. The molecule has 2 rings (SSSR count). The van der Waals surface area contributed by atoms with Crippen molar-refractivity contribution in [2.75, 3.05) is 26.7 Å². The summed E-state index contributed by atoms with van der Waals surface area (Å²) in [6.45, 7) is 4.16. The van der Waals surface area contributed by atoms with Gasteiger partial charge in [0, 0.05) is 30.8 Å². The Labute approximate surface area is 124 Å². The molecule has 1 aliphatic rings. The predicted molar refractivity (Wildman–Crippen MR) is 79.4 cm³/mol. The molecule has 3 nitrogen and oxygen atoms in total. The number of ether oxygens (including phenoxy) is 1. The van der Waals surface area contributed by atoms with Gasteiger partial charge in [-0.2, -0.15) is 0 Å². The van der Waals surface area contributed by atoms with Crippen molar-refractivity contribution in [3.8, 4) is 0 Å². The molecule has 0 aromatic heterocycles. The second-order valence-corrected chi connectivity index (χ2v) is 5.83. The standard InChI is InChI=1S/C15H22ClFN2O/c1-10-6-7-19(9-14(10)20-2)13(8-18)15-11(16)4-3-5-12(15)17/h3-5,10,13-14H,6-9,18H2,1-2H3. The Hall–Kier alpha value is -0.680. The second kappa shape index (κ2) is 6.85. The van der Waals surface area contributed by atoms with Gasteiger partial charge in [-0.3, -0.25) is 4.90 Å². The average molecular weight is 301 g/mol. The zero-order chi connectivity index (χ0) is 14.7. The number of benzene rings is 1. The van der Waals surface area contributed by atoms with Gasteiger partial charge in [-0.1, -0.05) is 24.6 Å². The molecule has 0 amide bonds. The molecule has 0 radical (unpaired) electrons. The highest BCUT2D eigenvalue weighted by Gasteiger charge is 2.32. The summed E-state index contributed by atoms with van der Waals surface area (Å²) in [4.78, 5) is 2.18. The Balaban J connectivity index is 2.24. The summed E-state index contributed by atoms with van der Waals surface area (Å²) in [7, 11) is 1.72. The number of nitrogens with two attached hydrogens (primary N) is 1. The van der Waals surface area contributed by atoms with E-state index in [0.717, 1.165) is 19.5 Å². The minimum absolute atomic E-state index is 0.156. The number of piperidine rings is 1. The average Bonchev–Trinajstić information content (AvgIpc) is 2.44. The van der Waals surface area contributed by atoms with Crippen molar-refractivity contribution in [3.63, 3.8) is 0 Å². The molecule has 0 spiro atoms. The van der Waals surface area contributed by atoms with Crippen LogP contribution in [0.3, 0.4) is 0 Å². The maximum atomic E-state index is 14.1. The molecule has 0 saturated carbocycles. The lowest BCUT2D eigenvalue weighted by atomic mass is 9.93. The van der Waals surface area contributed by atoms with Crippen LogP contribution < -0.4 is 5.73 Å². The Morgan fingerprint density at radius 2 is 2.30 bits per heavy atom. The van der Waals surface area contributed by atoms with Crippen molar-refractivity contribution in [2.45, 2.75) is 25.5 Å². The van der Waals surface area contributed by atoms with Gasteiger partial charge < -0.3 is 10.5 Å². The van der Waals surface area contributed by atoms with Crippen molar-refractivity contribution >= 4 is 11.6 Å². The largest absolute Gasteiger partial charge is 0.380 e. The zero-order valence-electron chi connectivity index (χ0n) is 12.0. The van der Waals surface area contributed by atoms with Gasteiger partial charge >= 0.3 is 0 Å². The Morgan fingerprint density at radius 1 is 1.55 bits per heavy atom. The molecule has 1 aromatic carbocycles. The van der Waals surface area contributed by atoms with Crippen molar-refractivity contribution in [3.05, 3.63) is 34.6 Å². The molecule has 0 aliphatic carbocycles. The van der Waals surface area contributed by atoms with Crippen molar-refractivity contribution < 1.29 is 9.13 Å². The number of methoxy groups -OCH3 is 1. The van der Waals surface area contributed by atoms with Gasteiger partial charge in [-0.25, -0.2) is 4.39 Å². The molecule has 3 atom stereocenters. The minimum atomic E-state index is -0.291. The van der Waals surface area contributed by atoms with Crippen LogP contribution in [0.1, 0.15) is 24.9 Å². The van der Waals surface area contributed by atoms with E-state index in [1.54, 1.807) is 19.2 Å². The topological polar surface area (TPSA) is 38.5 Å². The van der Waals surface area contributed by atoms with Gasteiger partial charge in [0.1, 0.15) is 5.82 Å². The molecule has 20 heavy (non-hydrogen) atoms. The van der Waals surface area contributed by atoms with E-state index in [1.165, 1.54) is 6.07 Å². The van der Waals surface area contributed by atoms with Crippen LogP contribution in [0.15, 0.2) is 18.2 Å². The molecule has 5 heteroatoms. The molecule has 1 aromatic rings. The lowest BCUT2D eigenvalue weighted by Crippen LogP contribution is -2.47. The summed E-state index contributed by atoms with van der Waals surface area (Å²) >= 11 is 6.17. The molecule has 1 heterocycles. The number of nitrogens with zero attached hydrogens (tertiary/aromatic N) is 1. The Kier molecular flexibility index (Phi) is 5.38. The van der Waals surface area contributed by atoms with Crippen LogP contribution in [0, 0.1) is 11.7 Å². The highest BCUT2D eigenvalue weighted by Crippen LogP contribution is 2.32. The van der Waals surface area contributed by atoms with E-state index in [4.69, 9.17) is 22.1 Å². The van der Waals surface area contributed by atoms with Gasteiger partial charge in [0.25, 0.3) is 0 Å². The van der Waals surface area contributed by atoms with Crippen LogP contribution in [0.25, 0.3) is 0 Å². The smallest absolute Gasteiger partial charge is 0.129 e. The van der Waals surface area contributed by atoms with Crippen LogP contribution in [0.5, 0.6) is 0 Å². The summed E-state index contributed by atoms with van der Waals surface area (Å²) in [5.41, 5.74) is 6.39. The SMILES string of the molecule is COC1CN(C(CN)c2c(F)cccc2Cl)CCC1C. The Bertz CT molecular complexity index is 437. The first-order chi connectivity index (χ1) is 9.58. The van der Waals surface area contributed by atoms with Gasteiger partial charge in [0.15, 0.2) is 0 Å². The third-order valence-corrected chi connectivity index (χ3v) is 4.55. The van der Waals surface area contributed by atoms with E-state index < -0.39 is 0 Å². The first-order valence-corrected chi connectivity index (χ1v) is 7.37. The molecular formula is C15H22ClFN2O. The fourth-order valence-electron chi connectivity index (χ4n) is 2.93. The molecule has 0 bridgehead atoms. The van der Waals surface area contributed by atoms with E-state index in [0.29, 0.717) is 23.0 Å². The van der Waals surface area contributed by atoms with Gasteiger partial charge in [0.2, 0.25) is 0 Å². The van der Waals surface area contributed by atoms with Gasteiger partial charge in [-0.05, 0) is 31.0 Å². The summed E-state index contributed by atoms with van der Waals surface area (Å²) in [5, 5.41) is 0.438. The molecule has 3 unspecified atom stereocenters. The van der Waals surface area contributed by atoms with E-state index in [1.807, 2.05) is 0 Å². The molecule has 112 valence electrons. The predicted octanol–water partition coefficient (Wildman–Crippen LogP) is 2.84. The molecular weight excluding hydrogens is 279 g/mol. The number of hydrogen-bond donors (Lipinski definition) is 1. The number of halogens is 2. The van der Waals surface area contributed by atoms with Crippen molar-refractivity contribution in [2.24, 2.45) is 11.7 Å². The maximum absolute atomic E-state index is 14.1. The van der Waals surface area contributed by atoms with E-state index >= 15 is 0 Å². The molecule has 1 aliphatic heterocycles. The van der Waals surface area contributed by atoms with Crippen molar-refractivity contribution in [1.82, 2.24) is 4.90 Å². The van der Waals surface area contributed by atoms with Crippen LogP contribution in [-0.2, 0) is 4.74 Å². The summed E-state index contributed by atoms with van der Waals surface area (Å²) in [6, 6.07) is 4.56. The van der Waals surface area contributed by atoms with E-state index in [2.05, 4.69) is 11.8 Å². The van der Waals surface area contributed by atoms with E-state index in [-0.39, 0.29) is 18.0 Å². The first-order valence-electron chi connectivity index (χ1n) is 6.99. The second-order valence-electron chi connectivity index (χ2n) is 5.42. The third-order valence-electron chi connectivity index (χ3n) is 4.22. The summed E-state index contributed by atoms with van der Waals surface area (Å²) in [6.07, 6.45) is 1.17. The molecule has 2 N–H and O–H groups in total. The maximum Gasteiger partial charge on any atom is 0.129 e. The molecule has 1 saturated heterocycles. The molecule has 1 fully saturated rings. The lowest BCUT2D eigenvalue weighted by Gasteiger charge is -2.40. The summed E-state index contributed by atoms with van der Waals surface area (Å²) in [5.74, 6) is 0.214. The van der Waals surface area contributed by atoms with E-state index in [9.17, 15) is 4.39 Å². The fraction of sp³-hybridized carbons (Fsp3) is 0.600. The van der Waals surface area contributed by atoms with Gasteiger partial charge in [-0.15, -0.1) is 0 Å². The lowest BCUT2D eigenvalue weighted by molar-refractivity contribution is -0.0187. The quantitative estimate of drug-likeness (QED) is 0.929. The zero-order valence-corrected chi connectivity index (χ0v) is 12.7. The fourth-order valence-corrected chi connectivity index (χ4v) is 3.22. The number of rotatable bonds is 4. The minimum Gasteiger partial charge on any atom is -0.380 e. The highest BCUT2D eigenvalue weighted by molar-refractivity contribution is 6.31. The van der Waals surface area contributed by atoms with Crippen molar-refractivity contribution in [1.29, 1.82) is 0 Å². The first kappa shape index (κ1) is 15.7. The van der Waals surface area contributed by atoms with Crippen LogP contribution in [0.2, 0.25) is 5.02 Å². The normalized spacial score (nSPS) is 25.6. The third kappa shape index (κ3) is 3.14. The van der Waals surface area contributed by atoms with Gasteiger partial charge in [0.05, 0.1) is 12.1 Å².